The molecule has 0 radical (unpaired) electrons. The molecule has 11 heteroatoms. The topological polar surface area (TPSA) is 56.8 Å². The molecule has 1 aliphatic rings. The van der Waals surface area contributed by atoms with Crippen LogP contribution in [0.25, 0.3) is 0 Å². The van der Waals surface area contributed by atoms with Crippen molar-refractivity contribution in [1.82, 2.24) is 9.88 Å². The molecule has 2 heterocycles. The van der Waals surface area contributed by atoms with Gasteiger partial charge in [-0.1, -0.05) is 11.6 Å². The van der Waals surface area contributed by atoms with Gasteiger partial charge in [0.1, 0.15) is 17.7 Å². The van der Waals surface area contributed by atoms with Gasteiger partial charge in [-0.05, 0) is 57.8 Å². The summed E-state index contributed by atoms with van der Waals surface area (Å²) >= 11 is 5.83. The number of alkyl halides is 3. The summed E-state index contributed by atoms with van der Waals surface area (Å²) < 4.78 is 53.8. The molecule has 1 fully saturated rings. The first-order valence-corrected chi connectivity index (χ1v) is 10.4. The summed E-state index contributed by atoms with van der Waals surface area (Å²) in [6.07, 6.45) is -4.55. The van der Waals surface area contributed by atoms with Gasteiger partial charge in [-0.2, -0.15) is 13.2 Å². The van der Waals surface area contributed by atoms with Crippen molar-refractivity contribution in [3.05, 3.63) is 52.4 Å². The summed E-state index contributed by atoms with van der Waals surface area (Å²) in [7, 11) is 4.94. The highest BCUT2D eigenvalue weighted by atomic mass is 35.5. The van der Waals surface area contributed by atoms with E-state index in [2.05, 4.69) is 4.98 Å². The predicted octanol–water partition coefficient (Wildman–Crippen LogP) is 4.15. The fourth-order valence-corrected chi connectivity index (χ4v) is 4.06. The fourth-order valence-electron chi connectivity index (χ4n) is 3.89. The van der Waals surface area contributed by atoms with Crippen molar-refractivity contribution in [3.8, 4) is 0 Å². The largest absolute Gasteiger partial charge is 0.416 e. The molecule has 0 spiro atoms. The average molecular weight is 487 g/mol. The average Bonchev–Trinajstić information content (AvgIpc) is 3.03. The molecule has 0 N–H and O–H groups in total. The van der Waals surface area contributed by atoms with Crippen LogP contribution in [0.3, 0.4) is 0 Å². The summed E-state index contributed by atoms with van der Waals surface area (Å²) in [6.45, 7) is 1.70. The Morgan fingerprint density at radius 2 is 1.88 bits per heavy atom. The van der Waals surface area contributed by atoms with Crippen LogP contribution in [0.4, 0.5) is 29.1 Å². The SMILES string of the molecule is Cc1cc(C(F)(F)F)cc(N2C(=O)[C@H](CN(C)C)C[C@H]2C(=O)N(C)c2ccc(F)c(Cl)c2)n1. The van der Waals surface area contributed by atoms with Crippen molar-refractivity contribution in [2.45, 2.75) is 25.6 Å². The van der Waals surface area contributed by atoms with E-state index < -0.39 is 41.3 Å². The molecule has 178 valence electrons. The number of rotatable bonds is 5. The van der Waals surface area contributed by atoms with Crippen molar-refractivity contribution in [2.75, 3.05) is 37.5 Å². The maximum Gasteiger partial charge on any atom is 0.416 e. The highest BCUT2D eigenvalue weighted by Crippen LogP contribution is 2.36. The molecule has 33 heavy (non-hydrogen) atoms. The predicted molar refractivity (Wildman–Crippen MR) is 117 cm³/mol. The monoisotopic (exact) mass is 486 g/mol. The number of anilines is 2. The molecular formula is C22H23ClF4N4O2. The van der Waals surface area contributed by atoms with Gasteiger partial charge in [-0.3, -0.25) is 14.5 Å². The van der Waals surface area contributed by atoms with E-state index in [1.54, 1.807) is 19.0 Å². The van der Waals surface area contributed by atoms with Gasteiger partial charge >= 0.3 is 6.18 Å². The standard InChI is InChI=1S/C22H23ClF4N4O2/c1-12-7-14(22(25,26)27)9-19(28-12)31-18(8-13(20(31)32)11-29(2)3)21(33)30(4)15-5-6-17(24)16(23)10-15/h5-7,9-10,13,18H,8,11H2,1-4H3/t13-,18-/m0/s1. The molecule has 1 aromatic carbocycles. The number of benzene rings is 1. The quantitative estimate of drug-likeness (QED) is 0.596. The fraction of sp³-hybridized carbons (Fsp3) is 0.409. The number of nitrogens with zero attached hydrogens (tertiary/aromatic N) is 4. The molecular weight excluding hydrogens is 464 g/mol. The van der Waals surface area contributed by atoms with Gasteiger partial charge in [0.15, 0.2) is 0 Å². The molecule has 0 aliphatic carbocycles. The van der Waals surface area contributed by atoms with Gasteiger partial charge in [-0.15, -0.1) is 0 Å². The molecule has 1 aliphatic heterocycles. The van der Waals surface area contributed by atoms with Gasteiger partial charge < -0.3 is 9.80 Å². The molecule has 3 rings (SSSR count). The minimum Gasteiger partial charge on any atom is -0.314 e. The van der Waals surface area contributed by atoms with E-state index in [9.17, 15) is 27.2 Å². The van der Waals surface area contributed by atoms with Crippen LogP contribution in [0.5, 0.6) is 0 Å². The third-order valence-electron chi connectivity index (χ3n) is 5.41. The van der Waals surface area contributed by atoms with Crippen LogP contribution < -0.4 is 9.80 Å². The van der Waals surface area contributed by atoms with Crippen molar-refractivity contribution >= 4 is 34.9 Å². The Balaban J connectivity index is 2.04. The minimum absolute atomic E-state index is 0.0635. The number of carbonyl (C=O) groups excluding carboxylic acids is 2. The lowest BCUT2D eigenvalue weighted by Crippen LogP contribution is -2.46. The second-order valence-electron chi connectivity index (χ2n) is 8.27. The van der Waals surface area contributed by atoms with Crippen LogP contribution in [0.1, 0.15) is 17.7 Å². The molecule has 1 aromatic heterocycles. The second-order valence-corrected chi connectivity index (χ2v) is 8.67. The van der Waals surface area contributed by atoms with Crippen LogP contribution >= 0.6 is 11.6 Å². The number of carbonyl (C=O) groups is 2. The number of aryl methyl sites for hydroxylation is 1. The first-order valence-electron chi connectivity index (χ1n) is 10.1. The lowest BCUT2D eigenvalue weighted by Gasteiger charge is -2.28. The lowest BCUT2D eigenvalue weighted by atomic mass is 10.0. The van der Waals surface area contributed by atoms with E-state index in [4.69, 9.17) is 11.6 Å². The van der Waals surface area contributed by atoms with Crippen molar-refractivity contribution in [2.24, 2.45) is 5.92 Å². The molecule has 0 bridgehead atoms. The summed E-state index contributed by atoms with van der Waals surface area (Å²) in [6, 6.07) is 4.28. The van der Waals surface area contributed by atoms with Crippen LogP contribution in [0.15, 0.2) is 30.3 Å². The smallest absolute Gasteiger partial charge is 0.314 e. The summed E-state index contributed by atoms with van der Waals surface area (Å²) in [5, 5.41) is -0.188. The number of hydrogen-bond donors (Lipinski definition) is 0. The normalized spacial score (nSPS) is 18.8. The zero-order valence-corrected chi connectivity index (χ0v) is 19.2. The second kappa shape index (κ2) is 9.26. The molecule has 2 amide bonds. The maximum atomic E-state index is 13.6. The number of amides is 2. The number of hydrogen-bond acceptors (Lipinski definition) is 4. The molecule has 2 aromatic rings. The summed E-state index contributed by atoms with van der Waals surface area (Å²) in [5.41, 5.74) is -0.615. The van der Waals surface area contributed by atoms with Gasteiger partial charge in [0.2, 0.25) is 11.8 Å². The number of aromatic nitrogens is 1. The van der Waals surface area contributed by atoms with Crippen LogP contribution in [0.2, 0.25) is 5.02 Å². The van der Waals surface area contributed by atoms with Crippen LogP contribution in [-0.4, -0.2) is 55.4 Å². The van der Waals surface area contributed by atoms with E-state index in [1.165, 1.54) is 31.0 Å². The van der Waals surface area contributed by atoms with E-state index in [0.717, 1.165) is 23.1 Å². The molecule has 0 unspecified atom stereocenters. The maximum absolute atomic E-state index is 13.6. The van der Waals surface area contributed by atoms with E-state index in [0.29, 0.717) is 6.54 Å². The third kappa shape index (κ3) is 5.27. The molecule has 0 saturated carbocycles. The molecule has 6 nitrogen and oxygen atoms in total. The number of halogens is 5. The Morgan fingerprint density at radius 3 is 2.45 bits per heavy atom. The van der Waals surface area contributed by atoms with Crippen molar-refractivity contribution in [1.29, 1.82) is 0 Å². The number of pyridine rings is 1. The number of likely N-dealkylation sites (N-methyl/N-ethyl adjacent to an activating group) is 1. The van der Waals surface area contributed by atoms with Gasteiger partial charge in [-0.25, -0.2) is 9.37 Å². The Labute approximate surface area is 193 Å². The van der Waals surface area contributed by atoms with E-state index in [1.807, 2.05) is 0 Å². The van der Waals surface area contributed by atoms with E-state index >= 15 is 0 Å². The highest BCUT2D eigenvalue weighted by Gasteiger charge is 2.46. The van der Waals surface area contributed by atoms with Crippen LogP contribution in [-0.2, 0) is 15.8 Å². The molecule has 1 saturated heterocycles. The first-order chi connectivity index (χ1) is 15.3. The Kier molecular flexibility index (Phi) is 6.99. The van der Waals surface area contributed by atoms with Gasteiger partial charge in [0.05, 0.1) is 16.5 Å². The van der Waals surface area contributed by atoms with Gasteiger partial charge in [0.25, 0.3) is 0 Å². The highest BCUT2D eigenvalue weighted by molar-refractivity contribution is 6.31. The van der Waals surface area contributed by atoms with Gasteiger partial charge in [0, 0.05) is 25.0 Å². The van der Waals surface area contributed by atoms with Crippen molar-refractivity contribution in [3.63, 3.8) is 0 Å². The Morgan fingerprint density at radius 1 is 1.21 bits per heavy atom. The molecule has 2 atom stereocenters. The van der Waals surface area contributed by atoms with E-state index in [-0.39, 0.29) is 28.6 Å². The third-order valence-corrected chi connectivity index (χ3v) is 5.70. The van der Waals surface area contributed by atoms with Crippen molar-refractivity contribution < 1.29 is 27.2 Å². The Hall–Kier alpha value is -2.72. The summed E-state index contributed by atoms with van der Waals surface area (Å²) in [5.74, 6) is -2.55. The lowest BCUT2D eigenvalue weighted by molar-refractivity contribution is -0.137. The minimum atomic E-state index is -4.64. The summed E-state index contributed by atoms with van der Waals surface area (Å²) in [4.78, 5) is 34.8. The zero-order chi connectivity index (χ0) is 24.7. The zero-order valence-electron chi connectivity index (χ0n) is 18.5. The Bertz CT molecular complexity index is 1080. The van der Waals surface area contributed by atoms with Crippen LogP contribution in [0, 0.1) is 18.7 Å². The first kappa shape index (κ1) is 24.9.